The first-order chi connectivity index (χ1) is 64.9. The number of carbonyl (C=O) groups is 5. The molecule has 15 aromatic heterocycles. The first-order valence-electron chi connectivity index (χ1n) is 42.4. The van der Waals surface area contributed by atoms with E-state index in [4.69, 9.17) is 8.94 Å². The summed E-state index contributed by atoms with van der Waals surface area (Å²) in [4.78, 5) is 88.3. The van der Waals surface area contributed by atoms with Crippen LogP contribution in [0.5, 0.6) is 0 Å². The van der Waals surface area contributed by atoms with Gasteiger partial charge in [0.15, 0.2) is 11.4 Å². The van der Waals surface area contributed by atoms with Crippen LogP contribution in [0.25, 0.3) is 54.5 Å². The van der Waals surface area contributed by atoms with Gasteiger partial charge in [-0.05, 0) is 180 Å². The van der Waals surface area contributed by atoms with Gasteiger partial charge in [0.1, 0.15) is 28.2 Å². The van der Waals surface area contributed by atoms with E-state index in [0.29, 0.717) is 71.4 Å². The van der Waals surface area contributed by atoms with Crippen LogP contribution in [0.3, 0.4) is 0 Å². The average molecular weight is 1810 g/mol. The molecule has 20 aromatic rings. The lowest BCUT2D eigenvalue weighted by molar-refractivity contribution is -0.141. The number of hydrogen-bond donors (Lipinski definition) is 5. The van der Waals surface area contributed by atoms with Crippen molar-refractivity contribution in [3.05, 3.63) is 405 Å². The number of amides is 5. The molecule has 0 atom stereocenters. The Bertz CT molecular complexity index is 7160. The highest BCUT2D eigenvalue weighted by atomic mass is 32.1. The largest absolute Gasteiger partial charge is 0.469 e. The van der Waals surface area contributed by atoms with E-state index in [1.54, 1.807) is 55.9 Å². The number of alkyl halides is 3. The summed E-state index contributed by atoms with van der Waals surface area (Å²) in [5.41, 5.74) is 22.3. The summed E-state index contributed by atoms with van der Waals surface area (Å²) in [6.45, 7) is 18.2. The van der Waals surface area contributed by atoms with Gasteiger partial charge in [0.05, 0.1) is 84.7 Å². The summed E-state index contributed by atoms with van der Waals surface area (Å²) < 4.78 is 58.6. The maximum absolute atomic E-state index is 12.7. The van der Waals surface area contributed by atoms with Gasteiger partial charge in [-0.1, -0.05) is 120 Å². The summed E-state index contributed by atoms with van der Waals surface area (Å²) in [5.74, 6) is -0.598. The minimum atomic E-state index is -4.48. The molecule has 0 radical (unpaired) electrons. The predicted octanol–water partition coefficient (Wildman–Crippen LogP) is 20.8. The highest BCUT2D eigenvalue weighted by molar-refractivity contribution is 7.12. The van der Waals surface area contributed by atoms with Crippen molar-refractivity contribution >= 4 is 124 Å². The molecular weight excluding hydrogens is 1720 g/mol. The number of aryl methyl sites for hydroxylation is 8. The summed E-state index contributed by atoms with van der Waals surface area (Å²) in [6.07, 6.45) is 19.8. The molecule has 28 nitrogen and oxygen atoms in total. The Morgan fingerprint density at radius 3 is 1.06 bits per heavy atom. The number of nitrogens with one attached hydrogen (secondary N) is 5. The van der Waals surface area contributed by atoms with Crippen molar-refractivity contribution in [3.63, 3.8) is 0 Å². The van der Waals surface area contributed by atoms with Crippen LogP contribution in [0.4, 0.5) is 41.6 Å². The molecule has 670 valence electrons. The van der Waals surface area contributed by atoms with Gasteiger partial charge in [-0.25, -0.2) is 4.98 Å². The van der Waals surface area contributed by atoms with Crippen molar-refractivity contribution in [2.75, 3.05) is 26.6 Å². The number of fused-ring (bicyclic) bond motifs is 5. The van der Waals surface area contributed by atoms with E-state index in [9.17, 15) is 37.1 Å². The lowest BCUT2D eigenvalue weighted by atomic mass is 10.1. The second-order valence-electron chi connectivity index (χ2n) is 31.7. The van der Waals surface area contributed by atoms with Gasteiger partial charge in [-0.2, -0.15) is 23.4 Å². The van der Waals surface area contributed by atoms with Gasteiger partial charge in [0.2, 0.25) is 0 Å². The van der Waals surface area contributed by atoms with Crippen LogP contribution in [0, 0.1) is 55.4 Å². The number of nitrogens with zero attached hydrogens (tertiary/aromatic N) is 16. The van der Waals surface area contributed by atoms with E-state index in [1.165, 1.54) is 48.5 Å². The average Bonchev–Trinajstić information content (AvgIpc) is 1.64. The third-order valence-electron chi connectivity index (χ3n) is 21.9. The normalized spacial score (nSPS) is 11.1. The van der Waals surface area contributed by atoms with Crippen LogP contribution < -0.4 is 26.6 Å². The molecule has 0 unspecified atom stereocenters. The second kappa shape index (κ2) is 40.7. The number of thiazole rings is 1. The number of para-hydroxylation sites is 4. The van der Waals surface area contributed by atoms with Gasteiger partial charge in [-0.3, -0.25) is 48.9 Å². The summed E-state index contributed by atoms with van der Waals surface area (Å²) in [5, 5.41) is 38.5. The minimum absolute atomic E-state index is 0.120. The fourth-order valence-corrected chi connectivity index (χ4v) is 15.7. The van der Waals surface area contributed by atoms with Gasteiger partial charge in [-0.15, -0.1) is 21.5 Å². The highest BCUT2D eigenvalue weighted by Crippen LogP contribution is 2.35. The molecule has 0 saturated heterocycles. The Morgan fingerprint density at radius 2 is 0.731 bits per heavy atom. The van der Waals surface area contributed by atoms with Gasteiger partial charge in [0, 0.05) is 157 Å². The number of aromatic nitrogens is 16. The van der Waals surface area contributed by atoms with Crippen LogP contribution in [0.1, 0.15) is 130 Å². The fourth-order valence-electron chi connectivity index (χ4n) is 15.0. The molecule has 0 fully saturated rings. The van der Waals surface area contributed by atoms with Crippen LogP contribution in [-0.2, 0) is 38.9 Å². The predicted molar refractivity (Wildman–Crippen MR) is 510 cm³/mol. The standard InChI is InChI=1S/C21H16F3N5O.C21H19N3O2.C20H17N5O.C20H18N4O2.C20H18N4OS/c1-13-4-6-18-15(9-13)17(27-20(30)16-3-2-8-26-28-16)12-29(18)11-14-5-7-19(25-10-14)21(22,23)24;1-14-7-8-16(11-22-14)12-24-13-19(18-5-3-4-6-20(18)24)23-21(25)17-9-10-26-15(17)2;1-14-8-9-15(11-21-14)12-25-13-18(16-5-2-3-7-19(16)25)23-20(26)17-6-4-10-22-24-17;1-13-7-8-15(9-21-13)10-24-11-18(16-5-3-4-6-19(16)24)22-20(25)17-12-26-23-14(17)2;1-13-7-8-15(9-21-13)10-24-11-17(16-5-3-4-6-18(16)24)23-20(25)19-14(2)22-12-26-19/h2-10,12H,11H2,1H3,(H,27,30);3-11,13H,12H2,1-2H3,(H,23,25);2-11,13H,12H2,1H3,(H,23,26);3-9,11-12H,10H2,1-2H3,(H,22,25);3-9,11-12H,10H2,1-2H3,(H,23,25). The maximum atomic E-state index is 12.7. The molecule has 5 N–H and O–H groups in total. The first-order valence-corrected chi connectivity index (χ1v) is 43.3. The Hall–Kier alpha value is -17.0. The molecule has 0 aliphatic rings. The molecule has 20 rings (SSSR count). The molecular formula is C102H88F3N21O7S. The van der Waals surface area contributed by atoms with Gasteiger partial charge in [0.25, 0.3) is 29.5 Å². The number of carbonyl (C=O) groups excluding carboxylic acids is 5. The van der Waals surface area contributed by atoms with Crippen molar-refractivity contribution in [1.82, 2.24) is 78.3 Å². The molecule has 0 saturated carbocycles. The summed E-state index contributed by atoms with van der Waals surface area (Å²) >= 11 is 1.35. The topological polar surface area (TPSA) is 338 Å². The minimum Gasteiger partial charge on any atom is -0.469 e. The van der Waals surface area contributed by atoms with E-state index in [1.807, 2.05) is 223 Å². The third-order valence-corrected chi connectivity index (χ3v) is 22.8. The first kappa shape index (κ1) is 90.3. The molecule has 134 heavy (non-hydrogen) atoms. The zero-order valence-electron chi connectivity index (χ0n) is 73.9. The zero-order valence-corrected chi connectivity index (χ0v) is 74.7. The maximum Gasteiger partial charge on any atom is 0.433 e. The van der Waals surface area contributed by atoms with Crippen molar-refractivity contribution in [2.45, 2.75) is 94.3 Å². The number of pyridine rings is 5. The smallest absolute Gasteiger partial charge is 0.433 e. The number of halogens is 3. The molecule has 32 heteroatoms. The Balaban J connectivity index is 0.000000122. The van der Waals surface area contributed by atoms with E-state index in [0.717, 1.165) is 140 Å². The number of hydrogen-bond acceptors (Lipinski definition) is 19. The van der Waals surface area contributed by atoms with E-state index in [2.05, 4.69) is 137 Å². The quantitative estimate of drug-likeness (QED) is 0.0473. The fraction of sp³-hybridized carbons (Fsp3) is 0.137. The molecule has 5 amide bonds. The number of anilines is 5. The molecule has 5 aromatic carbocycles. The molecule has 15 heterocycles. The SMILES string of the molecule is Cc1ccc(Cn2cc(NC(=O)c3cccnn3)c3ccccc32)cn1.Cc1ccc(Cn2cc(NC(=O)c3ccoc3C)c3ccccc32)cn1.Cc1ccc(Cn2cc(NC(=O)c3conc3C)c3ccccc32)cn1.Cc1ccc(Cn2cc(NC(=O)c3scnc3C)c3ccccc32)cn1.Cc1ccc2c(c1)c(NC(=O)c1cccnn1)cn2Cc1ccc(C(F)(F)F)nc1. The summed E-state index contributed by atoms with van der Waals surface area (Å²) in [7, 11) is 0. The molecule has 0 bridgehead atoms. The van der Waals surface area contributed by atoms with Crippen molar-refractivity contribution in [3.8, 4) is 0 Å². The van der Waals surface area contributed by atoms with E-state index in [-0.39, 0.29) is 35.0 Å². The highest BCUT2D eigenvalue weighted by Gasteiger charge is 2.32. The number of rotatable bonds is 20. The Labute approximate surface area is 769 Å². The van der Waals surface area contributed by atoms with Crippen molar-refractivity contribution in [1.29, 1.82) is 0 Å². The molecule has 0 spiro atoms. The van der Waals surface area contributed by atoms with Gasteiger partial charge < -0.3 is 58.4 Å². The third kappa shape index (κ3) is 21.8. The number of benzene rings is 5. The molecule has 0 aliphatic heterocycles. The molecule has 0 aliphatic carbocycles. The van der Waals surface area contributed by atoms with E-state index >= 15 is 0 Å². The lowest BCUT2D eigenvalue weighted by Crippen LogP contribution is -2.13. The van der Waals surface area contributed by atoms with Crippen molar-refractivity contribution in [2.24, 2.45) is 0 Å². The number of furan rings is 1. The zero-order chi connectivity index (χ0) is 93.5. The lowest BCUT2D eigenvalue weighted by Gasteiger charge is -2.08. The van der Waals surface area contributed by atoms with Crippen LogP contribution in [-0.4, -0.2) is 108 Å². The van der Waals surface area contributed by atoms with Gasteiger partial charge >= 0.3 is 6.18 Å². The van der Waals surface area contributed by atoms with Crippen LogP contribution in [0.15, 0.2) is 308 Å². The van der Waals surface area contributed by atoms with E-state index < -0.39 is 17.8 Å². The summed E-state index contributed by atoms with van der Waals surface area (Å²) in [6, 6.07) is 64.7. The Morgan fingerprint density at radius 1 is 0.366 bits per heavy atom. The van der Waals surface area contributed by atoms with Crippen LogP contribution >= 0.6 is 11.3 Å². The van der Waals surface area contributed by atoms with Crippen LogP contribution in [0.2, 0.25) is 0 Å². The monoisotopic (exact) mass is 1810 g/mol. The second-order valence-corrected chi connectivity index (χ2v) is 32.5. The van der Waals surface area contributed by atoms with Crippen molar-refractivity contribution < 1.29 is 46.1 Å². The Kier molecular flexibility index (Phi) is 27.5.